The molecule has 92 valence electrons. The minimum Gasteiger partial charge on any atom is -0.508 e. The van der Waals surface area contributed by atoms with Gasteiger partial charge < -0.3 is 5.11 Å². The van der Waals surface area contributed by atoms with Crippen LogP contribution in [0.4, 0.5) is 13.2 Å². The third-order valence-corrected chi connectivity index (χ3v) is 1.88. The molecule has 0 aliphatic carbocycles. The SMILES string of the molecule is Cc1cccc(O)c1.O=S(=O)(O)C(F)(F)F. The maximum Gasteiger partial charge on any atom is 0.522 e. The van der Waals surface area contributed by atoms with Crippen molar-refractivity contribution < 1.29 is 31.2 Å². The number of phenolic OH excluding ortho intramolecular Hbond substituents is 1. The Balaban J connectivity index is 0.000000281. The summed E-state index contributed by atoms with van der Waals surface area (Å²) in [6.45, 7) is 1.94. The van der Waals surface area contributed by atoms with Crippen LogP contribution >= 0.6 is 0 Å². The van der Waals surface area contributed by atoms with Gasteiger partial charge in [0.1, 0.15) is 5.75 Å². The summed E-state index contributed by atoms with van der Waals surface area (Å²) in [4.78, 5) is 0. The minimum atomic E-state index is -5.84. The van der Waals surface area contributed by atoms with Gasteiger partial charge in [-0.3, -0.25) is 4.55 Å². The van der Waals surface area contributed by atoms with Crippen LogP contribution in [0.3, 0.4) is 0 Å². The summed E-state index contributed by atoms with van der Waals surface area (Å²) in [5.41, 5.74) is -4.45. The number of rotatable bonds is 0. The monoisotopic (exact) mass is 258 g/mol. The van der Waals surface area contributed by atoms with Gasteiger partial charge in [-0.15, -0.1) is 0 Å². The van der Waals surface area contributed by atoms with E-state index in [-0.39, 0.29) is 0 Å². The number of aromatic hydroxyl groups is 1. The standard InChI is InChI=1S/C7H8O.CHF3O3S/c1-6-3-2-4-7(8)5-6;2-1(3,4)8(5,6)7/h2-5,8H,1H3;(H,5,6,7). The average molecular weight is 258 g/mol. The average Bonchev–Trinajstić information content (AvgIpc) is 2.00. The number of phenols is 1. The molecule has 0 radical (unpaired) electrons. The molecule has 0 saturated carbocycles. The predicted octanol–water partition coefficient (Wildman–Crippen LogP) is 2.09. The van der Waals surface area contributed by atoms with Gasteiger partial charge in [-0.1, -0.05) is 12.1 Å². The fourth-order valence-corrected chi connectivity index (χ4v) is 0.628. The lowest BCUT2D eigenvalue weighted by Crippen LogP contribution is -2.21. The number of halogens is 3. The van der Waals surface area contributed by atoms with Crippen molar-refractivity contribution in [1.82, 2.24) is 0 Å². The van der Waals surface area contributed by atoms with Crippen molar-refractivity contribution in [3.05, 3.63) is 29.8 Å². The Bertz CT molecular complexity index is 422. The Morgan fingerprint density at radius 3 is 1.88 bits per heavy atom. The zero-order valence-corrected chi connectivity index (χ0v) is 8.88. The highest BCUT2D eigenvalue weighted by Gasteiger charge is 2.44. The summed E-state index contributed by atoms with van der Waals surface area (Å²) in [6.07, 6.45) is 0. The van der Waals surface area contributed by atoms with E-state index in [1.807, 2.05) is 19.1 Å². The van der Waals surface area contributed by atoms with Crippen molar-refractivity contribution in [2.24, 2.45) is 0 Å². The van der Waals surface area contributed by atoms with Crippen molar-refractivity contribution >= 4 is 10.1 Å². The van der Waals surface area contributed by atoms with Crippen molar-refractivity contribution in [3.8, 4) is 5.75 Å². The smallest absolute Gasteiger partial charge is 0.508 e. The van der Waals surface area contributed by atoms with Gasteiger partial charge in [0.05, 0.1) is 0 Å². The first-order valence-electron chi connectivity index (χ1n) is 3.83. The molecule has 1 aromatic carbocycles. The highest BCUT2D eigenvalue weighted by atomic mass is 32.2. The summed E-state index contributed by atoms with van der Waals surface area (Å²) >= 11 is 0. The second-order valence-corrected chi connectivity index (χ2v) is 4.17. The summed E-state index contributed by atoms with van der Waals surface area (Å²) < 4.78 is 57.5. The molecule has 0 atom stereocenters. The van der Waals surface area contributed by atoms with Gasteiger partial charge in [-0.25, -0.2) is 0 Å². The van der Waals surface area contributed by atoms with Crippen LogP contribution in [0.25, 0.3) is 0 Å². The number of alkyl halides is 3. The van der Waals surface area contributed by atoms with Crippen molar-refractivity contribution in [3.63, 3.8) is 0 Å². The van der Waals surface area contributed by atoms with Gasteiger partial charge in [-0.2, -0.15) is 21.6 Å². The summed E-state index contributed by atoms with van der Waals surface area (Å²) in [5.74, 6) is 0.338. The molecule has 0 unspecified atom stereocenters. The number of benzene rings is 1. The van der Waals surface area contributed by atoms with Crippen molar-refractivity contribution in [1.29, 1.82) is 0 Å². The molecule has 0 saturated heterocycles. The molecule has 0 heterocycles. The molecule has 8 heteroatoms. The van der Waals surface area contributed by atoms with Crippen LogP contribution in [0.15, 0.2) is 24.3 Å². The molecule has 0 amide bonds. The molecule has 0 bridgehead atoms. The summed E-state index contributed by atoms with van der Waals surface area (Å²) in [7, 11) is -5.84. The zero-order valence-electron chi connectivity index (χ0n) is 8.06. The molecule has 0 aliphatic heterocycles. The van der Waals surface area contributed by atoms with Crippen molar-refractivity contribution in [2.45, 2.75) is 12.4 Å². The normalized spacial score (nSPS) is 11.6. The van der Waals surface area contributed by atoms with Gasteiger partial charge in [0, 0.05) is 0 Å². The van der Waals surface area contributed by atoms with Crippen LogP contribution in [-0.2, 0) is 10.1 Å². The van der Waals surface area contributed by atoms with E-state index in [4.69, 9.17) is 18.1 Å². The number of aryl methyl sites for hydroxylation is 1. The third kappa shape index (κ3) is 5.56. The molecule has 16 heavy (non-hydrogen) atoms. The Labute approximate surface area is 90.1 Å². The van der Waals surface area contributed by atoms with E-state index in [0.717, 1.165) is 5.56 Å². The van der Waals surface area contributed by atoms with Crippen LogP contribution < -0.4 is 0 Å². The molecule has 0 spiro atoms. The third-order valence-electron chi connectivity index (χ3n) is 1.29. The lowest BCUT2D eigenvalue weighted by molar-refractivity contribution is -0.0510. The molecular formula is C8H9F3O4S. The van der Waals surface area contributed by atoms with Gasteiger partial charge in [0.25, 0.3) is 0 Å². The molecule has 1 aromatic rings. The maximum atomic E-state index is 10.7. The Kier molecular flexibility index (Phi) is 4.76. The van der Waals surface area contributed by atoms with Crippen LogP contribution in [0.5, 0.6) is 5.75 Å². The Hall–Kier alpha value is -1.28. The van der Waals surface area contributed by atoms with E-state index in [1.165, 1.54) is 0 Å². The second-order valence-electron chi connectivity index (χ2n) is 2.76. The van der Waals surface area contributed by atoms with Crippen LogP contribution in [0.1, 0.15) is 5.56 Å². The maximum absolute atomic E-state index is 10.7. The van der Waals surface area contributed by atoms with E-state index in [2.05, 4.69) is 0 Å². The molecular weight excluding hydrogens is 249 g/mol. The molecule has 0 aromatic heterocycles. The van der Waals surface area contributed by atoms with Crippen LogP contribution in [0, 0.1) is 6.92 Å². The van der Waals surface area contributed by atoms with Crippen LogP contribution in [0.2, 0.25) is 0 Å². The first-order valence-corrected chi connectivity index (χ1v) is 5.27. The van der Waals surface area contributed by atoms with Crippen molar-refractivity contribution in [2.75, 3.05) is 0 Å². The van der Waals surface area contributed by atoms with E-state index < -0.39 is 15.6 Å². The topological polar surface area (TPSA) is 74.6 Å². The first-order chi connectivity index (χ1) is 7.04. The molecule has 2 N–H and O–H groups in total. The summed E-state index contributed by atoms with van der Waals surface area (Å²) in [6, 6.07) is 7.15. The number of hydrogen-bond donors (Lipinski definition) is 2. The quantitative estimate of drug-likeness (QED) is 0.552. The van der Waals surface area contributed by atoms with E-state index >= 15 is 0 Å². The highest BCUT2D eigenvalue weighted by molar-refractivity contribution is 7.86. The molecule has 0 aliphatic rings. The van der Waals surface area contributed by atoms with Gasteiger partial charge >= 0.3 is 15.6 Å². The number of hydrogen-bond acceptors (Lipinski definition) is 3. The lowest BCUT2D eigenvalue weighted by Gasteiger charge is -1.97. The zero-order chi connectivity index (χ0) is 13.0. The molecule has 1 rings (SSSR count). The van der Waals surface area contributed by atoms with Crippen LogP contribution in [-0.4, -0.2) is 23.6 Å². The lowest BCUT2D eigenvalue weighted by atomic mass is 10.2. The largest absolute Gasteiger partial charge is 0.522 e. The van der Waals surface area contributed by atoms with Gasteiger partial charge in [0.15, 0.2) is 0 Å². The predicted molar refractivity (Wildman–Crippen MR) is 50.4 cm³/mol. The summed E-state index contributed by atoms with van der Waals surface area (Å²) in [5, 5.41) is 8.81. The Morgan fingerprint density at radius 2 is 1.69 bits per heavy atom. The minimum absolute atomic E-state index is 0.338. The van der Waals surface area contributed by atoms with Gasteiger partial charge in [0.2, 0.25) is 0 Å². The second kappa shape index (κ2) is 5.17. The van der Waals surface area contributed by atoms with Gasteiger partial charge in [-0.05, 0) is 24.6 Å². The molecule has 0 fully saturated rings. The first kappa shape index (κ1) is 14.7. The van der Waals surface area contributed by atoms with E-state index in [1.54, 1.807) is 12.1 Å². The molecule has 4 nitrogen and oxygen atoms in total. The van der Waals surface area contributed by atoms with E-state index in [0.29, 0.717) is 5.75 Å². The fraction of sp³-hybridized carbons (Fsp3) is 0.250. The van der Waals surface area contributed by atoms with E-state index in [9.17, 15) is 13.2 Å². The Morgan fingerprint density at radius 1 is 1.25 bits per heavy atom. The fourth-order valence-electron chi connectivity index (χ4n) is 0.628. The highest BCUT2D eigenvalue weighted by Crippen LogP contribution is 2.20.